The standard InChI is InChI=1S/C3H5NS2/c4-2-1-3(5)6/h1-2H,4H2,(H,5,6)/b2-1-. The molecule has 0 amide bonds. The maximum Gasteiger partial charge on any atom is 0.0689 e. The largest absolute Gasteiger partial charge is 0.405 e. The van der Waals surface area contributed by atoms with E-state index in [1.54, 1.807) is 6.08 Å². The molecule has 6 heavy (non-hydrogen) atoms. The first-order chi connectivity index (χ1) is 2.77. The monoisotopic (exact) mass is 119 g/mol. The summed E-state index contributed by atoms with van der Waals surface area (Å²) in [5, 5.41) is 0. The number of thiocarbonyl (C=S) groups is 1. The lowest BCUT2D eigenvalue weighted by atomic mass is 10.7. The molecule has 0 saturated carbocycles. The highest BCUT2D eigenvalue weighted by Crippen LogP contribution is 1.81. The average Bonchev–Trinajstić information content (AvgIpc) is 1.35. The predicted octanol–water partition coefficient (Wildman–Crippen LogP) is 0.716. The van der Waals surface area contributed by atoms with E-state index < -0.39 is 0 Å². The van der Waals surface area contributed by atoms with Crippen LogP contribution in [-0.2, 0) is 0 Å². The molecule has 2 N–H and O–H groups in total. The Morgan fingerprint density at radius 2 is 2.33 bits per heavy atom. The zero-order chi connectivity index (χ0) is 4.99. The quantitative estimate of drug-likeness (QED) is 0.302. The Bertz CT molecular complexity index is 76.9. The molecule has 0 rings (SSSR count). The lowest BCUT2D eigenvalue weighted by Gasteiger charge is -1.72. The van der Waals surface area contributed by atoms with E-state index in [1.807, 2.05) is 0 Å². The summed E-state index contributed by atoms with van der Waals surface area (Å²) in [6.07, 6.45) is 2.90. The molecule has 0 atom stereocenters. The van der Waals surface area contributed by atoms with Crippen molar-refractivity contribution in [3.8, 4) is 0 Å². The fourth-order valence-corrected chi connectivity index (χ4v) is 0.247. The van der Waals surface area contributed by atoms with Crippen molar-refractivity contribution in [2.24, 2.45) is 5.73 Å². The van der Waals surface area contributed by atoms with Crippen molar-refractivity contribution in [2.75, 3.05) is 0 Å². The molecule has 0 aliphatic heterocycles. The lowest BCUT2D eigenvalue weighted by molar-refractivity contribution is 1.63. The van der Waals surface area contributed by atoms with Crippen LogP contribution in [0.5, 0.6) is 0 Å². The van der Waals surface area contributed by atoms with Gasteiger partial charge in [0.25, 0.3) is 0 Å². The van der Waals surface area contributed by atoms with Gasteiger partial charge in [-0.3, -0.25) is 0 Å². The van der Waals surface area contributed by atoms with E-state index in [0.29, 0.717) is 4.20 Å². The lowest BCUT2D eigenvalue weighted by Crippen LogP contribution is -1.78. The second-order valence-electron chi connectivity index (χ2n) is 0.697. The molecule has 0 fully saturated rings. The van der Waals surface area contributed by atoms with Crippen LogP contribution in [0.25, 0.3) is 0 Å². The second-order valence-corrected chi connectivity index (χ2v) is 1.92. The van der Waals surface area contributed by atoms with Gasteiger partial charge in [-0.1, -0.05) is 12.2 Å². The van der Waals surface area contributed by atoms with Gasteiger partial charge in [0.15, 0.2) is 0 Å². The summed E-state index contributed by atoms with van der Waals surface area (Å²) < 4.78 is 0.512. The highest BCUT2D eigenvalue weighted by atomic mass is 32.1. The van der Waals surface area contributed by atoms with Gasteiger partial charge in [-0.2, -0.15) is 0 Å². The highest BCUT2D eigenvalue weighted by Gasteiger charge is 1.68. The first kappa shape index (κ1) is 5.98. The van der Waals surface area contributed by atoms with Crippen LogP contribution >= 0.6 is 24.8 Å². The van der Waals surface area contributed by atoms with Crippen LogP contribution in [0.3, 0.4) is 0 Å². The summed E-state index contributed by atoms with van der Waals surface area (Å²) in [6.45, 7) is 0. The molecule has 0 aromatic rings. The highest BCUT2D eigenvalue weighted by molar-refractivity contribution is 8.11. The molecule has 0 aromatic heterocycles. The molecule has 0 heterocycles. The normalized spacial score (nSPS) is 9.50. The van der Waals surface area contributed by atoms with Crippen LogP contribution in [0.2, 0.25) is 0 Å². The minimum Gasteiger partial charge on any atom is -0.405 e. The third-order valence-electron chi connectivity index (χ3n) is 0.239. The van der Waals surface area contributed by atoms with Crippen molar-refractivity contribution in [1.29, 1.82) is 0 Å². The smallest absolute Gasteiger partial charge is 0.0689 e. The zero-order valence-corrected chi connectivity index (χ0v) is 4.80. The van der Waals surface area contributed by atoms with Gasteiger partial charge in [-0.25, -0.2) is 0 Å². The molecular weight excluding hydrogens is 114 g/mol. The minimum atomic E-state index is 0.512. The van der Waals surface area contributed by atoms with Crippen LogP contribution in [0.4, 0.5) is 0 Å². The molecule has 34 valence electrons. The number of rotatable bonds is 1. The third-order valence-corrected chi connectivity index (χ3v) is 0.524. The van der Waals surface area contributed by atoms with Gasteiger partial charge in [-0.05, 0) is 12.3 Å². The molecule has 0 aromatic carbocycles. The number of hydrogen-bond donors (Lipinski definition) is 2. The summed E-state index contributed by atoms with van der Waals surface area (Å²) in [7, 11) is 0. The third kappa shape index (κ3) is 3.98. The molecule has 3 heteroatoms. The second kappa shape index (κ2) is 3.18. The zero-order valence-electron chi connectivity index (χ0n) is 3.09. The van der Waals surface area contributed by atoms with E-state index in [4.69, 9.17) is 5.73 Å². The fourth-order valence-electron chi connectivity index (χ4n) is 0.0823. The molecule has 0 aliphatic rings. The van der Waals surface area contributed by atoms with E-state index in [-0.39, 0.29) is 0 Å². The van der Waals surface area contributed by atoms with E-state index in [9.17, 15) is 0 Å². The van der Waals surface area contributed by atoms with Gasteiger partial charge in [-0.15, -0.1) is 12.6 Å². The maximum absolute atomic E-state index is 4.91. The fraction of sp³-hybridized carbons (Fsp3) is 0. The van der Waals surface area contributed by atoms with E-state index in [0.717, 1.165) is 0 Å². The maximum atomic E-state index is 4.91. The van der Waals surface area contributed by atoms with Crippen molar-refractivity contribution in [3.63, 3.8) is 0 Å². The summed E-state index contributed by atoms with van der Waals surface area (Å²) in [6, 6.07) is 0. The number of hydrogen-bond acceptors (Lipinski definition) is 2. The topological polar surface area (TPSA) is 26.0 Å². The minimum absolute atomic E-state index is 0.512. The molecule has 0 bridgehead atoms. The molecule has 0 radical (unpaired) electrons. The van der Waals surface area contributed by atoms with E-state index in [2.05, 4.69) is 24.8 Å². The van der Waals surface area contributed by atoms with Crippen molar-refractivity contribution in [3.05, 3.63) is 12.3 Å². The van der Waals surface area contributed by atoms with Gasteiger partial charge in [0, 0.05) is 0 Å². The average molecular weight is 119 g/mol. The van der Waals surface area contributed by atoms with Gasteiger partial charge >= 0.3 is 0 Å². The first-order valence-corrected chi connectivity index (χ1v) is 2.24. The summed E-state index contributed by atoms with van der Waals surface area (Å²) in [5.41, 5.74) is 4.91. The molecule has 1 nitrogen and oxygen atoms in total. The van der Waals surface area contributed by atoms with E-state index >= 15 is 0 Å². The molecule has 0 spiro atoms. The van der Waals surface area contributed by atoms with Crippen LogP contribution in [-0.4, -0.2) is 4.20 Å². The Morgan fingerprint density at radius 3 is 2.33 bits per heavy atom. The Morgan fingerprint density at radius 1 is 1.83 bits per heavy atom. The van der Waals surface area contributed by atoms with Crippen LogP contribution in [0.1, 0.15) is 0 Å². The molecule has 0 unspecified atom stereocenters. The number of nitrogens with two attached hydrogens (primary N) is 1. The SMILES string of the molecule is N/C=C\C(=S)S. The summed E-state index contributed by atoms with van der Waals surface area (Å²) >= 11 is 8.23. The Hall–Kier alpha value is -0.0200. The van der Waals surface area contributed by atoms with Gasteiger partial charge in [0.1, 0.15) is 0 Å². The molecular formula is C3H5NS2. The molecule has 0 saturated heterocycles. The van der Waals surface area contributed by atoms with Crippen LogP contribution in [0.15, 0.2) is 12.3 Å². The van der Waals surface area contributed by atoms with Crippen molar-refractivity contribution in [2.45, 2.75) is 0 Å². The van der Waals surface area contributed by atoms with Gasteiger partial charge in [0.2, 0.25) is 0 Å². The summed E-state index contributed by atoms with van der Waals surface area (Å²) in [4.78, 5) is 0. The van der Waals surface area contributed by atoms with Gasteiger partial charge in [0.05, 0.1) is 4.20 Å². The summed E-state index contributed by atoms with van der Waals surface area (Å²) in [5.74, 6) is 0. The Labute approximate surface area is 47.6 Å². The number of thiol groups is 1. The Balaban J connectivity index is 3.30. The first-order valence-electron chi connectivity index (χ1n) is 1.38. The van der Waals surface area contributed by atoms with Crippen molar-refractivity contribution < 1.29 is 0 Å². The molecule has 0 aliphatic carbocycles. The predicted molar refractivity (Wildman–Crippen MR) is 34.9 cm³/mol. The van der Waals surface area contributed by atoms with Crippen molar-refractivity contribution >= 4 is 29.0 Å². The van der Waals surface area contributed by atoms with Crippen LogP contribution < -0.4 is 5.73 Å². The van der Waals surface area contributed by atoms with Gasteiger partial charge < -0.3 is 5.73 Å². The van der Waals surface area contributed by atoms with E-state index in [1.165, 1.54) is 6.20 Å². The Kier molecular flexibility index (Phi) is 3.17. The van der Waals surface area contributed by atoms with Crippen LogP contribution in [0, 0.1) is 0 Å². The van der Waals surface area contributed by atoms with Crippen molar-refractivity contribution in [1.82, 2.24) is 0 Å².